The molecule has 0 radical (unpaired) electrons. The Morgan fingerprint density at radius 3 is 2.64 bits per heavy atom. The molecule has 1 heteroatoms. The van der Waals surface area contributed by atoms with Crippen LogP contribution in [-0.4, -0.2) is 6.54 Å². The summed E-state index contributed by atoms with van der Waals surface area (Å²) in [5.41, 5.74) is 6.10. The quantitative estimate of drug-likeness (QED) is 0.666. The summed E-state index contributed by atoms with van der Waals surface area (Å²) in [6, 6.07) is 0. The molecule has 0 aromatic carbocycles. The Hall–Kier alpha value is -0.0400. The zero-order valence-corrected chi connectivity index (χ0v) is 7.90. The van der Waals surface area contributed by atoms with Crippen molar-refractivity contribution in [3.8, 4) is 0 Å². The van der Waals surface area contributed by atoms with Gasteiger partial charge in [-0.1, -0.05) is 13.8 Å². The third kappa shape index (κ3) is 2.82. The molecule has 0 aromatic heterocycles. The second-order valence-corrected chi connectivity index (χ2v) is 4.70. The first kappa shape index (κ1) is 9.05. The molecule has 0 bridgehead atoms. The van der Waals surface area contributed by atoms with E-state index in [2.05, 4.69) is 13.8 Å². The first-order valence-electron chi connectivity index (χ1n) is 4.84. The molecular weight excluding hydrogens is 134 g/mol. The number of hydrogen-bond donors (Lipinski definition) is 1. The highest BCUT2D eigenvalue weighted by Gasteiger charge is 2.29. The van der Waals surface area contributed by atoms with Crippen LogP contribution in [0.3, 0.4) is 0 Å². The molecule has 2 N–H and O–H groups in total. The van der Waals surface area contributed by atoms with E-state index >= 15 is 0 Å². The molecule has 1 unspecified atom stereocenters. The lowest BCUT2D eigenvalue weighted by atomic mass is 9.89. The second kappa shape index (κ2) is 3.57. The Labute approximate surface area is 70.4 Å². The van der Waals surface area contributed by atoms with Crippen molar-refractivity contribution in [1.82, 2.24) is 0 Å². The summed E-state index contributed by atoms with van der Waals surface area (Å²) < 4.78 is 0. The van der Waals surface area contributed by atoms with Gasteiger partial charge in [0.1, 0.15) is 0 Å². The maximum absolute atomic E-state index is 5.47. The summed E-state index contributed by atoms with van der Waals surface area (Å²) >= 11 is 0. The molecule has 0 spiro atoms. The fourth-order valence-corrected chi connectivity index (χ4v) is 2.23. The largest absolute Gasteiger partial charge is 0.330 e. The van der Waals surface area contributed by atoms with Gasteiger partial charge in [0.2, 0.25) is 0 Å². The Bertz CT molecular complexity index is 118. The molecule has 0 aromatic rings. The van der Waals surface area contributed by atoms with E-state index in [1.54, 1.807) is 0 Å². The topological polar surface area (TPSA) is 26.0 Å². The van der Waals surface area contributed by atoms with E-state index in [1.165, 1.54) is 32.1 Å². The highest BCUT2D eigenvalue weighted by Crippen LogP contribution is 2.42. The summed E-state index contributed by atoms with van der Waals surface area (Å²) in [6.45, 7) is 5.64. The molecule has 0 amide bonds. The van der Waals surface area contributed by atoms with Crippen LogP contribution in [0.1, 0.15) is 46.0 Å². The molecule has 1 fully saturated rings. The van der Waals surface area contributed by atoms with E-state index in [1.807, 2.05) is 0 Å². The lowest BCUT2D eigenvalue weighted by Crippen LogP contribution is -2.06. The van der Waals surface area contributed by atoms with Gasteiger partial charge in [-0.05, 0) is 50.0 Å². The third-order valence-electron chi connectivity index (χ3n) is 2.89. The van der Waals surface area contributed by atoms with Crippen molar-refractivity contribution in [2.75, 3.05) is 6.54 Å². The van der Waals surface area contributed by atoms with Crippen molar-refractivity contribution in [3.63, 3.8) is 0 Å². The van der Waals surface area contributed by atoms with E-state index in [9.17, 15) is 0 Å². The zero-order valence-electron chi connectivity index (χ0n) is 7.90. The minimum atomic E-state index is 0.624. The molecule has 0 aliphatic heterocycles. The molecule has 1 rings (SSSR count). The van der Waals surface area contributed by atoms with Gasteiger partial charge in [-0.25, -0.2) is 0 Å². The van der Waals surface area contributed by atoms with Gasteiger partial charge in [-0.3, -0.25) is 0 Å². The summed E-state index contributed by atoms with van der Waals surface area (Å²) in [7, 11) is 0. The van der Waals surface area contributed by atoms with Crippen LogP contribution >= 0.6 is 0 Å². The van der Waals surface area contributed by atoms with Gasteiger partial charge in [0.25, 0.3) is 0 Å². The van der Waals surface area contributed by atoms with Crippen molar-refractivity contribution in [1.29, 1.82) is 0 Å². The highest BCUT2D eigenvalue weighted by atomic mass is 14.5. The van der Waals surface area contributed by atoms with Gasteiger partial charge in [-0.2, -0.15) is 0 Å². The van der Waals surface area contributed by atoms with Crippen LogP contribution in [0.5, 0.6) is 0 Å². The lowest BCUT2D eigenvalue weighted by molar-refractivity contribution is 0.352. The maximum Gasteiger partial charge on any atom is -0.00772 e. The standard InChI is InChI=1S/C10H21N/c1-10(2)6-5-9(8-10)4-3-7-11/h9H,3-8,11H2,1-2H3. The van der Waals surface area contributed by atoms with Crippen molar-refractivity contribution in [3.05, 3.63) is 0 Å². The van der Waals surface area contributed by atoms with Gasteiger partial charge in [0.05, 0.1) is 0 Å². The lowest BCUT2D eigenvalue weighted by Gasteiger charge is -2.16. The predicted octanol–water partition coefficient (Wildman–Crippen LogP) is 2.55. The maximum atomic E-state index is 5.47. The van der Waals surface area contributed by atoms with Crippen LogP contribution in [0.25, 0.3) is 0 Å². The molecule has 11 heavy (non-hydrogen) atoms. The van der Waals surface area contributed by atoms with Crippen LogP contribution < -0.4 is 5.73 Å². The monoisotopic (exact) mass is 155 g/mol. The molecule has 1 saturated carbocycles. The molecule has 1 nitrogen and oxygen atoms in total. The Kier molecular flexibility index (Phi) is 2.94. The Balaban J connectivity index is 2.20. The van der Waals surface area contributed by atoms with Crippen LogP contribution in [0, 0.1) is 11.3 Å². The fourth-order valence-electron chi connectivity index (χ4n) is 2.23. The van der Waals surface area contributed by atoms with E-state index in [4.69, 9.17) is 5.73 Å². The van der Waals surface area contributed by atoms with Gasteiger partial charge in [-0.15, -0.1) is 0 Å². The van der Waals surface area contributed by atoms with E-state index in [-0.39, 0.29) is 0 Å². The molecule has 0 saturated heterocycles. The SMILES string of the molecule is CC1(C)CCC(CCCN)C1. The third-order valence-corrected chi connectivity index (χ3v) is 2.89. The van der Waals surface area contributed by atoms with Crippen LogP contribution in [0.4, 0.5) is 0 Å². The van der Waals surface area contributed by atoms with Crippen LogP contribution in [0.2, 0.25) is 0 Å². The molecular formula is C10H21N. The van der Waals surface area contributed by atoms with Gasteiger partial charge in [0, 0.05) is 0 Å². The Morgan fingerprint density at radius 2 is 2.18 bits per heavy atom. The molecule has 0 heterocycles. The van der Waals surface area contributed by atoms with Gasteiger partial charge >= 0.3 is 0 Å². The molecule has 1 atom stereocenters. The summed E-state index contributed by atoms with van der Waals surface area (Å²) in [4.78, 5) is 0. The van der Waals surface area contributed by atoms with E-state index < -0.39 is 0 Å². The molecule has 1 aliphatic carbocycles. The smallest absolute Gasteiger partial charge is 0.00772 e. The average molecular weight is 155 g/mol. The first-order valence-corrected chi connectivity index (χ1v) is 4.84. The zero-order chi connectivity index (χ0) is 8.32. The van der Waals surface area contributed by atoms with E-state index in [0.717, 1.165) is 12.5 Å². The summed E-state index contributed by atoms with van der Waals surface area (Å²) in [5.74, 6) is 0.980. The number of rotatable bonds is 3. The van der Waals surface area contributed by atoms with Gasteiger partial charge < -0.3 is 5.73 Å². The average Bonchev–Trinajstić information content (AvgIpc) is 2.26. The van der Waals surface area contributed by atoms with Gasteiger partial charge in [0.15, 0.2) is 0 Å². The normalized spacial score (nSPS) is 29.2. The van der Waals surface area contributed by atoms with Crippen molar-refractivity contribution in [2.45, 2.75) is 46.0 Å². The highest BCUT2D eigenvalue weighted by molar-refractivity contribution is 4.81. The Morgan fingerprint density at radius 1 is 1.45 bits per heavy atom. The first-order chi connectivity index (χ1) is 5.14. The van der Waals surface area contributed by atoms with Crippen LogP contribution in [0.15, 0.2) is 0 Å². The van der Waals surface area contributed by atoms with E-state index in [0.29, 0.717) is 5.41 Å². The minimum absolute atomic E-state index is 0.624. The fraction of sp³-hybridized carbons (Fsp3) is 1.00. The minimum Gasteiger partial charge on any atom is -0.330 e. The second-order valence-electron chi connectivity index (χ2n) is 4.70. The molecule has 66 valence electrons. The number of nitrogens with two attached hydrogens (primary N) is 1. The van der Waals surface area contributed by atoms with Crippen LogP contribution in [-0.2, 0) is 0 Å². The summed E-state index contributed by atoms with van der Waals surface area (Å²) in [5, 5.41) is 0. The predicted molar refractivity (Wildman–Crippen MR) is 49.4 cm³/mol. The molecule has 1 aliphatic rings. The summed E-state index contributed by atoms with van der Waals surface area (Å²) in [6.07, 6.45) is 6.86. The van der Waals surface area contributed by atoms with Crippen molar-refractivity contribution in [2.24, 2.45) is 17.1 Å². The van der Waals surface area contributed by atoms with Crippen molar-refractivity contribution < 1.29 is 0 Å². The van der Waals surface area contributed by atoms with Crippen molar-refractivity contribution >= 4 is 0 Å². The number of hydrogen-bond acceptors (Lipinski definition) is 1.